The molecule has 0 saturated carbocycles. The van der Waals surface area contributed by atoms with Crippen molar-refractivity contribution < 1.29 is 14.3 Å². The third kappa shape index (κ3) is 3.19. The predicted octanol–water partition coefficient (Wildman–Crippen LogP) is 8.25. The van der Waals surface area contributed by atoms with Crippen molar-refractivity contribution in [1.29, 1.82) is 0 Å². The van der Waals surface area contributed by atoms with Gasteiger partial charge in [0.25, 0.3) is 0 Å². The van der Waals surface area contributed by atoms with Gasteiger partial charge in [0.15, 0.2) is 12.2 Å². The van der Waals surface area contributed by atoms with Crippen molar-refractivity contribution in [3.05, 3.63) is 78.8 Å². The van der Waals surface area contributed by atoms with Gasteiger partial charge in [0.1, 0.15) is 0 Å². The molecular weight excluding hydrogens is 489 g/mol. The van der Waals surface area contributed by atoms with E-state index >= 15 is 0 Å². The van der Waals surface area contributed by atoms with Gasteiger partial charge >= 0.3 is 6.16 Å². The van der Waals surface area contributed by atoms with Crippen LogP contribution in [0.4, 0.5) is 4.79 Å². The largest absolute Gasteiger partial charge is 0.510 e. The number of hydrogen-bond acceptors (Lipinski definition) is 3. The molecular formula is C19H8Cl6O3. The van der Waals surface area contributed by atoms with Gasteiger partial charge < -0.3 is 9.47 Å². The first-order valence-electron chi connectivity index (χ1n) is 7.86. The van der Waals surface area contributed by atoms with Crippen molar-refractivity contribution in [2.45, 2.75) is 12.2 Å². The van der Waals surface area contributed by atoms with E-state index < -0.39 is 18.4 Å². The third-order valence-electron chi connectivity index (χ3n) is 4.40. The van der Waals surface area contributed by atoms with Crippen LogP contribution in [0.5, 0.6) is 0 Å². The fourth-order valence-corrected chi connectivity index (χ4v) is 4.96. The zero-order valence-corrected chi connectivity index (χ0v) is 18.1. The van der Waals surface area contributed by atoms with E-state index in [1.165, 1.54) is 0 Å². The smallest absolute Gasteiger partial charge is 0.420 e. The Morgan fingerprint density at radius 2 is 1.07 bits per heavy atom. The summed E-state index contributed by atoms with van der Waals surface area (Å²) in [5.41, 5.74) is 2.17. The Balaban J connectivity index is 1.59. The van der Waals surface area contributed by atoms with Crippen molar-refractivity contribution in [3.63, 3.8) is 0 Å². The molecule has 4 rings (SSSR count). The SMILES string of the molecule is O=C(OC1C(Cl)=C(Cl)c2c(Cl)cccc21)OC1C(Cl)=C(Cl)c2c(Cl)cccc21. The van der Waals surface area contributed by atoms with Gasteiger partial charge in [-0.1, -0.05) is 93.9 Å². The average Bonchev–Trinajstić information content (AvgIpc) is 3.04. The minimum absolute atomic E-state index is 0.135. The minimum Gasteiger partial charge on any atom is -0.420 e. The van der Waals surface area contributed by atoms with Crippen LogP contribution in [0.15, 0.2) is 46.5 Å². The summed E-state index contributed by atoms with van der Waals surface area (Å²) in [7, 11) is 0. The molecule has 0 saturated heterocycles. The van der Waals surface area contributed by atoms with Crippen molar-refractivity contribution in [3.8, 4) is 0 Å². The maximum absolute atomic E-state index is 12.5. The number of halogens is 6. The number of carbonyl (C=O) groups excluding carboxylic acids is 1. The van der Waals surface area contributed by atoms with E-state index in [0.29, 0.717) is 32.3 Å². The van der Waals surface area contributed by atoms with Crippen LogP contribution in [0.1, 0.15) is 34.5 Å². The van der Waals surface area contributed by atoms with Gasteiger partial charge in [-0.3, -0.25) is 0 Å². The summed E-state index contributed by atoms with van der Waals surface area (Å²) >= 11 is 37.4. The summed E-state index contributed by atoms with van der Waals surface area (Å²) in [5, 5.41) is 1.51. The lowest BCUT2D eigenvalue weighted by atomic mass is 10.1. The molecule has 0 fully saturated rings. The van der Waals surface area contributed by atoms with Crippen molar-refractivity contribution in [2.24, 2.45) is 0 Å². The molecule has 3 nitrogen and oxygen atoms in total. The van der Waals surface area contributed by atoms with Crippen molar-refractivity contribution in [1.82, 2.24) is 0 Å². The van der Waals surface area contributed by atoms with Crippen molar-refractivity contribution in [2.75, 3.05) is 0 Å². The predicted molar refractivity (Wildman–Crippen MR) is 113 cm³/mol. The number of benzene rings is 2. The van der Waals surface area contributed by atoms with E-state index in [2.05, 4.69) is 0 Å². The quantitative estimate of drug-likeness (QED) is 0.392. The molecule has 0 N–H and O–H groups in total. The molecule has 2 atom stereocenters. The molecule has 2 unspecified atom stereocenters. The van der Waals surface area contributed by atoms with Crippen LogP contribution in [0.25, 0.3) is 10.1 Å². The highest BCUT2D eigenvalue weighted by atomic mass is 35.5. The van der Waals surface area contributed by atoms with Gasteiger partial charge in [-0.15, -0.1) is 0 Å². The molecule has 0 spiro atoms. The van der Waals surface area contributed by atoms with Gasteiger partial charge in [0.2, 0.25) is 0 Å². The Bertz CT molecular complexity index is 992. The average molecular weight is 497 g/mol. The molecule has 28 heavy (non-hydrogen) atoms. The lowest BCUT2D eigenvalue weighted by molar-refractivity contribution is 0.0196. The minimum atomic E-state index is -0.999. The molecule has 2 aromatic rings. The molecule has 0 bridgehead atoms. The van der Waals surface area contributed by atoms with E-state index in [0.717, 1.165) is 0 Å². The number of ether oxygens (including phenoxy) is 2. The van der Waals surface area contributed by atoms with E-state index in [4.69, 9.17) is 79.1 Å². The second kappa shape index (κ2) is 7.64. The monoisotopic (exact) mass is 494 g/mol. The third-order valence-corrected chi connectivity index (χ3v) is 6.79. The fraction of sp³-hybridized carbons (Fsp3) is 0.105. The van der Waals surface area contributed by atoms with Crippen LogP contribution in [0.3, 0.4) is 0 Å². The Hall–Kier alpha value is -1.07. The maximum atomic E-state index is 12.5. The second-order valence-electron chi connectivity index (χ2n) is 5.98. The Morgan fingerprint density at radius 1 is 0.679 bits per heavy atom. The molecule has 2 aromatic carbocycles. The molecule has 2 aliphatic carbocycles. The van der Waals surface area contributed by atoms with Gasteiger partial charge in [0.05, 0.1) is 20.1 Å². The van der Waals surface area contributed by atoms with Gasteiger partial charge in [-0.05, 0) is 12.1 Å². The number of carbonyl (C=O) groups is 1. The highest BCUT2D eigenvalue weighted by molar-refractivity contribution is 6.57. The normalized spacial score (nSPS) is 20.4. The summed E-state index contributed by atoms with van der Waals surface area (Å²) in [6.45, 7) is 0. The summed E-state index contributed by atoms with van der Waals surface area (Å²) in [6.07, 6.45) is -2.87. The zero-order chi connectivity index (χ0) is 20.2. The molecule has 9 heteroatoms. The lowest BCUT2D eigenvalue weighted by Gasteiger charge is -2.18. The van der Waals surface area contributed by atoms with E-state index in [-0.39, 0.29) is 20.1 Å². The Morgan fingerprint density at radius 3 is 1.46 bits per heavy atom. The van der Waals surface area contributed by atoms with Crippen LogP contribution in [-0.2, 0) is 9.47 Å². The first kappa shape index (κ1) is 20.2. The van der Waals surface area contributed by atoms with E-state index in [1.807, 2.05) is 0 Å². The lowest BCUT2D eigenvalue weighted by Crippen LogP contribution is -2.15. The molecule has 0 amide bonds. The Kier molecular flexibility index (Phi) is 5.51. The van der Waals surface area contributed by atoms with Gasteiger partial charge in [0, 0.05) is 32.3 Å². The highest BCUT2D eigenvalue weighted by Crippen LogP contribution is 2.51. The highest BCUT2D eigenvalue weighted by Gasteiger charge is 2.38. The van der Waals surface area contributed by atoms with Crippen molar-refractivity contribution >= 4 is 85.8 Å². The molecule has 0 heterocycles. The van der Waals surface area contributed by atoms with Crippen LogP contribution in [0, 0.1) is 0 Å². The van der Waals surface area contributed by atoms with Crippen LogP contribution in [-0.4, -0.2) is 6.16 Å². The van der Waals surface area contributed by atoms with Crippen LogP contribution in [0.2, 0.25) is 10.0 Å². The number of rotatable bonds is 2. The second-order valence-corrected chi connectivity index (χ2v) is 8.36. The molecule has 0 aromatic heterocycles. The van der Waals surface area contributed by atoms with E-state index in [1.54, 1.807) is 36.4 Å². The van der Waals surface area contributed by atoms with Crippen LogP contribution >= 0.6 is 69.6 Å². The number of fused-ring (bicyclic) bond motifs is 2. The summed E-state index contributed by atoms with van der Waals surface area (Å²) in [5.74, 6) is 0. The zero-order valence-electron chi connectivity index (χ0n) is 13.6. The van der Waals surface area contributed by atoms with Gasteiger partial charge in [-0.25, -0.2) is 4.79 Å². The van der Waals surface area contributed by atoms with Crippen LogP contribution < -0.4 is 0 Å². The summed E-state index contributed by atoms with van der Waals surface area (Å²) in [4.78, 5) is 12.5. The molecule has 0 radical (unpaired) electrons. The topological polar surface area (TPSA) is 35.5 Å². The maximum Gasteiger partial charge on any atom is 0.510 e. The summed E-state index contributed by atoms with van der Waals surface area (Å²) in [6, 6.07) is 10.2. The standard InChI is InChI=1S/C19H8Cl6O3/c20-9-5-1-3-7-11(9)13(22)15(24)17(7)27-19(26)28-18-8-4-2-6-10(21)12(8)14(23)16(18)25/h1-6,17-18H. The fourth-order valence-electron chi connectivity index (χ4n) is 3.17. The first-order chi connectivity index (χ1) is 13.3. The number of hydrogen-bond donors (Lipinski definition) is 0. The molecule has 144 valence electrons. The molecule has 2 aliphatic rings. The summed E-state index contributed by atoms with van der Waals surface area (Å²) < 4.78 is 10.8. The Labute approximate surface area is 190 Å². The van der Waals surface area contributed by atoms with Gasteiger partial charge in [-0.2, -0.15) is 0 Å². The van der Waals surface area contributed by atoms with E-state index in [9.17, 15) is 4.79 Å². The first-order valence-corrected chi connectivity index (χ1v) is 10.1. The molecule has 0 aliphatic heterocycles.